The Morgan fingerprint density at radius 2 is 1.92 bits per heavy atom. The number of aromatic nitrogens is 1. The van der Waals surface area contributed by atoms with Crippen LogP contribution in [0.4, 0.5) is 0 Å². The van der Waals surface area contributed by atoms with Gasteiger partial charge in [0.25, 0.3) is 5.91 Å². The Hall–Kier alpha value is -2.46. The van der Waals surface area contributed by atoms with Crippen LogP contribution in [0.3, 0.4) is 0 Å². The van der Waals surface area contributed by atoms with E-state index in [1.807, 2.05) is 38.1 Å². The molecule has 0 radical (unpaired) electrons. The predicted octanol–water partition coefficient (Wildman–Crippen LogP) is 4.40. The molecule has 122 valence electrons. The first-order valence-electron chi connectivity index (χ1n) is 7.98. The zero-order valence-electron chi connectivity index (χ0n) is 13.9. The highest BCUT2D eigenvalue weighted by Crippen LogP contribution is 2.21. The smallest absolute Gasteiger partial charge is 0.251 e. The molecule has 1 amide bonds. The maximum absolute atomic E-state index is 12.1. The second-order valence-corrected chi connectivity index (χ2v) is 6.89. The van der Waals surface area contributed by atoms with Crippen LogP contribution in [0.1, 0.15) is 26.5 Å². The zero-order valence-corrected chi connectivity index (χ0v) is 14.7. The molecular weight excluding hydrogens is 316 g/mol. The predicted molar refractivity (Wildman–Crippen MR) is 99.5 cm³/mol. The van der Waals surface area contributed by atoms with E-state index < -0.39 is 0 Å². The van der Waals surface area contributed by atoms with Crippen molar-refractivity contribution < 1.29 is 4.79 Å². The van der Waals surface area contributed by atoms with E-state index in [1.54, 1.807) is 11.3 Å². The normalized spacial score (nSPS) is 10.6. The minimum absolute atomic E-state index is 0.0201. The Kier molecular flexibility index (Phi) is 5.06. The maximum Gasteiger partial charge on any atom is 0.251 e. The molecule has 0 saturated heterocycles. The minimum Gasteiger partial charge on any atom is -0.352 e. The molecule has 3 nitrogen and oxygen atoms in total. The van der Waals surface area contributed by atoms with Gasteiger partial charge in [-0.25, -0.2) is 4.98 Å². The summed E-state index contributed by atoms with van der Waals surface area (Å²) in [4.78, 5) is 16.6. The van der Waals surface area contributed by atoms with E-state index in [2.05, 4.69) is 39.9 Å². The fraction of sp³-hybridized carbons (Fsp3) is 0.200. The van der Waals surface area contributed by atoms with Gasteiger partial charge >= 0.3 is 0 Å². The summed E-state index contributed by atoms with van der Waals surface area (Å²) in [6.45, 7) is 4.63. The van der Waals surface area contributed by atoms with Crippen LogP contribution in [0, 0.1) is 13.8 Å². The highest BCUT2D eigenvalue weighted by atomic mass is 32.1. The summed E-state index contributed by atoms with van der Waals surface area (Å²) in [5.74, 6) is -0.0201. The van der Waals surface area contributed by atoms with Crippen LogP contribution in [0.5, 0.6) is 0 Å². The van der Waals surface area contributed by atoms with Gasteiger partial charge in [-0.2, -0.15) is 0 Å². The molecule has 2 aromatic carbocycles. The molecule has 1 heterocycles. The van der Waals surface area contributed by atoms with Gasteiger partial charge in [0.2, 0.25) is 0 Å². The van der Waals surface area contributed by atoms with Crippen LogP contribution in [0.15, 0.2) is 53.9 Å². The molecule has 24 heavy (non-hydrogen) atoms. The van der Waals surface area contributed by atoms with Gasteiger partial charge in [-0.3, -0.25) is 4.79 Å². The standard InChI is InChI=1S/C20H20N2OS/c1-14-4-3-5-18(12-14)20(23)21-11-10-16-6-8-17(9-7-16)19-13-24-15(2)22-19/h3-9,12-13H,10-11H2,1-2H3,(H,21,23). The Morgan fingerprint density at radius 3 is 2.58 bits per heavy atom. The number of aryl methyl sites for hydroxylation is 2. The van der Waals surface area contributed by atoms with Crippen molar-refractivity contribution in [2.45, 2.75) is 20.3 Å². The van der Waals surface area contributed by atoms with Crippen molar-refractivity contribution >= 4 is 17.2 Å². The number of nitrogens with one attached hydrogen (secondary N) is 1. The Balaban J connectivity index is 1.54. The number of hydrogen-bond acceptors (Lipinski definition) is 3. The SMILES string of the molecule is Cc1cccc(C(=O)NCCc2ccc(-c3csc(C)n3)cc2)c1. The number of benzene rings is 2. The summed E-state index contributed by atoms with van der Waals surface area (Å²) >= 11 is 1.66. The number of nitrogens with zero attached hydrogens (tertiary/aromatic N) is 1. The fourth-order valence-electron chi connectivity index (χ4n) is 2.55. The molecule has 4 heteroatoms. The van der Waals surface area contributed by atoms with Crippen molar-refractivity contribution in [3.63, 3.8) is 0 Å². The topological polar surface area (TPSA) is 42.0 Å². The zero-order chi connectivity index (χ0) is 16.9. The maximum atomic E-state index is 12.1. The monoisotopic (exact) mass is 336 g/mol. The molecule has 3 aromatic rings. The van der Waals surface area contributed by atoms with Crippen LogP contribution in [0.25, 0.3) is 11.3 Å². The Bertz CT molecular complexity index is 837. The summed E-state index contributed by atoms with van der Waals surface area (Å²) in [5, 5.41) is 6.13. The van der Waals surface area contributed by atoms with Crippen LogP contribution >= 0.6 is 11.3 Å². The lowest BCUT2D eigenvalue weighted by Gasteiger charge is -2.07. The molecule has 1 N–H and O–H groups in total. The van der Waals surface area contributed by atoms with Crippen molar-refractivity contribution in [3.05, 3.63) is 75.6 Å². The molecule has 0 aliphatic rings. The third-order valence-corrected chi connectivity index (χ3v) is 4.62. The molecule has 0 saturated carbocycles. The Labute approximate surface area is 146 Å². The van der Waals surface area contributed by atoms with Crippen LogP contribution in [0.2, 0.25) is 0 Å². The molecule has 0 unspecified atom stereocenters. The largest absolute Gasteiger partial charge is 0.352 e. The number of carbonyl (C=O) groups excluding carboxylic acids is 1. The first-order valence-corrected chi connectivity index (χ1v) is 8.86. The highest BCUT2D eigenvalue weighted by Gasteiger charge is 2.05. The third kappa shape index (κ3) is 4.09. The van der Waals surface area contributed by atoms with Gasteiger partial charge in [0.15, 0.2) is 0 Å². The average Bonchev–Trinajstić information content (AvgIpc) is 3.02. The van der Waals surface area contributed by atoms with Crippen molar-refractivity contribution in [1.29, 1.82) is 0 Å². The molecular formula is C20H20N2OS. The molecule has 0 aliphatic carbocycles. The Morgan fingerprint density at radius 1 is 1.12 bits per heavy atom. The van der Waals surface area contributed by atoms with Gasteiger partial charge in [-0.15, -0.1) is 11.3 Å². The van der Waals surface area contributed by atoms with E-state index in [4.69, 9.17) is 0 Å². The summed E-state index contributed by atoms with van der Waals surface area (Å²) in [6.07, 6.45) is 0.813. The second kappa shape index (κ2) is 7.41. The molecule has 0 bridgehead atoms. The minimum atomic E-state index is -0.0201. The van der Waals surface area contributed by atoms with E-state index in [9.17, 15) is 4.79 Å². The van der Waals surface area contributed by atoms with Gasteiger partial charge in [0, 0.05) is 23.1 Å². The molecule has 1 aromatic heterocycles. The summed E-state index contributed by atoms with van der Waals surface area (Å²) < 4.78 is 0. The molecule has 0 atom stereocenters. The van der Waals surface area contributed by atoms with E-state index in [0.29, 0.717) is 12.1 Å². The van der Waals surface area contributed by atoms with E-state index in [0.717, 1.165) is 28.2 Å². The second-order valence-electron chi connectivity index (χ2n) is 5.82. The molecule has 0 fully saturated rings. The van der Waals surface area contributed by atoms with Crippen molar-refractivity contribution in [2.75, 3.05) is 6.54 Å². The lowest BCUT2D eigenvalue weighted by Crippen LogP contribution is -2.25. The number of hydrogen-bond donors (Lipinski definition) is 1. The molecule has 0 aliphatic heterocycles. The summed E-state index contributed by atoms with van der Waals surface area (Å²) in [6, 6.07) is 16.0. The van der Waals surface area contributed by atoms with E-state index in [-0.39, 0.29) is 5.91 Å². The van der Waals surface area contributed by atoms with E-state index >= 15 is 0 Å². The quantitative estimate of drug-likeness (QED) is 0.750. The number of amides is 1. The van der Waals surface area contributed by atoms with Gasteiger partial charge < -0.3 is 5.32 Å². The highest BCUT2D eigenvalue weighted by molar-refractivity contribution is 7.09. The third-order valence-electron chi connectivity index (χ3n) is 3.85. The fourth-order valence-corrected chi connectivity index (χ4v) is 3.17. The van der Waals surface area contributed by atoms with Crippen LogP contribution in [-0.4, -0.2) is 17.4 Å². The molecule has 0 spiro atoms. The van der Waals surface area contributed by atoms with E-state index in [1.165, 1.54) is 5.56 Å². The number of thiazole rings is 1. The van der Waals surface area contributed by atoms with Gasteiger partial charge in [0.1, 0.15) is 0 Å². The number of rotatable bonds is 5. The van der Waals surface area contributed by atoms with Crippen LogP contribution in [-0.2, 0) is 6.42 Å². The lowest BCUT2D eigenvalue weighted by molar-refractivity contribution is 0.0954. The number of carbonyl (C=O) groups is 1. The molecule has 3 rings (SSSR count). The van der Waals surface area contributed by atoms with Crippen LogP contribution < -0.4 is 5.32 Å². The van der Waals surface area contributed by atoms with Gasteiger partial charge in [0.05, 0.1) is 10.7 Å². The van der Waals surface area contributed by atoms with Crippen molar-refractivity contribution in [3.8, 4) is 11.3 Å². The lowest BCUT2D eigenvalue weighted by atomic mass is 10.1. The summed E-state index contributed by atoms with van der Waals surface area (Å²) in [5.41, 5.74) is 5.17. The first-order chi connectivity index (χ1) is 11.6. The van der Waals surface area contributed by atoms with Crippen molar-refractivity contribution in [2.24, 2.45) is 0 Å². The first kappa shape index (κ1) is 16.4. The van der Waals surface area contributed by atoms with Crippen molar-refractivity contribution in [1.82, 2.24) is 10.3 Å². The summed E-state index contributed by atoms with van der Waals surface area (Å²) in [7, 11) is 0. The van der Waals surface area contributed by atoms with Gasteiger partial charge in [-0.05, 0) is 38.0 Å². The average molecular weight is 336 g/mol. The van der Waals surface area contributed by atoms with Gasteiger partial charge in [-0.1, -0.05) is 42.0 Å².